The molecule has 0 saturated heterocycles. The minimum absolute atomic E-state index is 0.100. The van der Waals surface area contributed by atoms with Crippen LogP contribution in [0.15, 0.2) is 28.6 Å². The van der Waals surface area contributed by atoms with Crippen LogP contribution in [0.4, 0.5) is 5.69 Å². The smallest absolute Gasteiger partial charge is 0.273 e. The van der Waals surface area contributed by atoms with Crippen LogP contribution in [0, 0.1) is 10.5 Å². The van der Waals surface area contributed by atoms with Crippen LogP contribution in [0.5, 0.6) is 0 Å². The first-order valence-electron chi connectivity index (χ1n) is 4.79. The van der Waals surface area contributed by atoms with Crippen molar-refractivity contribution in [1.29, 1.82) is 0 Å². The first kappa shape index (κ1) is 14.0. The van der Waals surface area contributed by atoms with Crippen molar-refractivity contribution < 1.29 is 8.42 Å². The molecule has 8 heteroatoms. The zero-order chi connectivity index (χ0) is 13.3. The van der Waals surface area contributed by atoms with E-state index >= 15 is 0 Å². The van der Waals surface area contributed by atoms with Crippen LogP contribution < -0.4 is 4.72 Å². The van der Waals surface area contributed by atoms with Gasteiger partial charge in [0.1, 0.15) is 0 Å². The Bertz CT molecular complexity index is 685. The number of hydrogen-bond donors (Lipinski definition) is 1. The molecule has 1 heterocycles. The zero-order valence-electron chi connectivity index (χ0n) is 9.15. The highest BCUT2D eigenvalue weighted by molar-refractivity contribution is 14.1. The number of rotatable bonds is 3. The van der Waals surface area contributed by atoms with Crippen LogP contribution in [0.2, 0.25) is 4.47 Å². The van der Waals surface area contributed by atoms with E-state index in [4.69, 9.17) is 11.6 Å². The highest BCUT2D eigenvalue weighted by atomic mass is 127. The monoisotopic (exact) mass is 414 g/mol. The van der Waals surface area contributed by atoms with Gasteiger partial charge in [-0.05, 0) is 47.2 Å². The summed E-state index contributed by atoms with van der Waals surface area (Å²) in [5, 5.41) is 0. The molecule has 1 N–H and O–H groups in total. The number of hydrogen-bond acceptors (Lipinski definition) is 4. The first-order chi connectivity index (χ1) is 8.38. The van der Waals surface area contributed by atoms with Gasteiger partial charge in [0.2, 0.25) is 0 Å². The minimum atomic E-state index is -3.60. The van der Waals surface area contributed by atoms with Crippen molar-refractivity contribution in [3.8, 4) is 0 Å². The number of aryl methyl sites for hydroxylation is 1. The largest absolute Gasteiger partial charge is 0.279 e. The van der Waals surface area contributed by atoms with Gasteiger partial charge >= 0.3 is 0 Å². The third-order valence-corrected chi connectivity index (χ3v) is 6.26. The summed E-state index contributed by atoms with van der Waals surface area (Å²) in [5.41, 5.74) is 1.62. The molecular formula is C10H8ClIN2O2S2. The average Bonchev–Trinajstić information content (AvgIpc) is 2.71. The molecule has 96 valence electrons. The summed E-state index contributed by atoms with van der Waals surface area (Å²) in [6.07, 6.45) is 1.24. The van der Waals surface area contributed by atoms with Gasteiger partial charge in [0.05, 0.1) is 6.20 Å². The summed E-state index contributed by atoms with van der Waals surface area (Å²) in [6, 6.07) is 5.35. The van der Waals surface area contributed by atoms with E-state index in [1.807, 2.05) is 13.0 Å². The quantitative estimate of drug-likeness (QED) is 0.782. The molecule has 0 aliphatic rings. The lowest BCUT2D eigenvalue weighted by Crippen LogP contribution is -2.11. The Labute approximate surface area is 128 Å². The van der Waals surface area contributed by atoms with Gasteiger partial charge < -0.3 is 0 Å². The van der Waals surface area contributed by atoms with Crippen LogP contribution in [0.1, 0.15) is 5.56 Å². The van der Waals surface area contributed by atoms with E-state index in [-0.39, 0.29) is 8.68 Å². The van der Waals surface area contributed by atoms with Crippen LogP contribution in [-0.4, -0.2) is 13.4 Å². The van der Waals surface area contributed by atoms with Gasteiger partial charge in [-0.15, -0.1) is 0 Å². The zero-order valence-corrected chi connectivity index (χ0v) is 13.7. The van der Waals surface area contributed by atoms with Gasteiger partial charge in [-0.1, -0.05) is 29.0 Å². The van der Waals surface area contributed by atoms with Crippen molar-refractivity contribution in [3.63, 3.8) is 0 Å². The van der Waals surface area contributed by atoms with Crippen molar-refractivity contribution >= 4 is 61.2 Å². The highest BCUT2D eigenvalue weighted by Gasteiger charge is 2.17. The third kappa shape index (κ3) is 3.14. The van der Waals surface area contributed by atoms with E-state index in [9.17, 15) is 8.42 Å². The summed E-state index contributed by atoms with van der Waals surface area (Å²) in [4.78, 5) is 3.72. The lowest BCUT2D eigenvalue weighted by molar-refractivity contribution is 0.603. The van der Waals surface area contributed by atoms with E-state index in [1.54, 1.807) is 12.1 Å². The molecule has 2 aromatic rings. The molecule has 0 bridgehead atoms. The number of aromatic nitrogens is 1. The van der Waals surface area contributed by atoms with Gasteiger partial charge in [0, 0.05) is 9.26 Å². The Kier molecular flexibility index (Phi) is 4.15. The van der Waals surface area contributed by atoms with Gasteiger partial charge in [-0.3, -0.25) is 4.72 Å². The van der Waals surface area contributed by atoms with E-state index < -0.39 is 10.0 Å². The summed E-state index contributed by atoms with van der Waals surface area (Å²) in [5.74, 6) is 0. The molecule has 0 aliphatic carbocycles. The molecule has 0 radical (unpaired) electrons. The summed E-state index contributed by atoms with van der Waals surface area (Å²) in [6.45, 7) is 1.96. The molecule has 0 unspecified atom stereocenters. The van der Waals surface area contributed by atoms with Gasteiger partial charge in [0.25, 0.3) is 10.0 Å². The number of anilines is 1. The number of halogens is 2. The number of thiazole rings is 1. The van der Waals surface area contributed by atoms with Crippen molar-refractivity contribution in [1.82, 2.24) is 4.98 Å². The summed E-state index contributed by atoms with van der Waals surface area (Å²) >= 11 is 8.71. The van der Waals surface area contributed by atoms with Gasteiger partial charge in [-0.25, -0.2) is 13.4 Å². The number of sulfonamides is 1. The predicted octanol–water partition coefficient (Wildman–Crippen LogP) is 3.51. The normalized spacial score (nSPS) is 11.5. The number of nitrogens with zero attached hydrogens (tertiary/aromatic N) is 1. The fourth-order valence-corrected chi connectivity index (χ4v) is 4.08. The van der Waals surface area contributed by atoms with Crippen molar-refractivity contribution in [2.24, 2.45) is 0 Å². The van der Waals surface area contributed by atoms with Gasteiger partial charge in [-0.2, -0.15) is 0 Å². The third-order valence-electron chi connectivity index (χ3n) is 2.15. The molecule has 0 fully saturated rings. The predicted molar refractivity (Wildman–Crippen MR) is 81.8 cm³/mol. The van der Waals surface area contributed by atoms with Crippen LogP contribution in [0.25, 0.3) is 0 Å². The molecule has 0 atom stereocenters. The summed E-state index contributed by atoms with van der Waals surface area (Å²) < 4.78 is 27.8. The number of benzene rings is 1. The Hall–Kier alpha value is -0.380. The molecular weight excluding hydrogens is 407 g/mol. The van der Waals surface area contributed by atoms with E-state index in [1.165, 1.54) is 6.20 Å². The van der Waals surface area contributed by atoms with Crippen LogP contribution in [-0.2, 0) is 10.0 Å². The maximum absolute atomic E-state index is 12.0. The topological polar surface area (TPSA) is 59.1 Å². The molecule has 18 heavy (non-hydrogen) atoms. The Balaban J connectivity index is 2.30. The lowest BCUT2D eigenvalue weighted by Gasteiger charge is -2.07. The first-order valence-corrected chi connectivity index (χ1v) is 8.54. The lowest BCUT2D eigenvalue weighted by atomic mass is 10.2. The fraction of sp³-hybridized carbons (Fsp3) is 0.100. The molecule has 0 amide bonds. The van der Waals surface area contributed by atoms with Crippen molar-refractivity contribution in [2.45, 2.75) is 11.1 Å². The van der Waals surface area contributed by atoms with Crippen molar-refractivity contribution in [3.05, 3.63) is 38.0 Å². The Morgan fingerprint density at radius 3 is 2.72 bits per heavy atom. The molecule has 2 rings (SSSR count). The Morgan fingerprint density at radius 1 is 1.44 bits per heavy atom. The van der Waals surface area contributed by atoms with Crippen LogP contribution >= 0.6 is 45.5 Å². The molecule has 1 aromatic heterocycles. The Morgan fingerprint density at radius 2 is 2.17 bits per heavy atom. The summed E-state index contributed by atoms with van der Waals surface area (Å²) in [7, 11) is -3.60. The average molecular weight is 415 g/mol. The second-order valence-corrected chi connectivity index (χ2v) is 8.19. The SMILES string of the molecule is Cc1ccc(NS(=O)(=O)c2cnc(Cl)s2)cc1I. The fourth-order valence-electron chi connectivity index (χ4n) is 1.23. The maximum atomic E-state index is 12.0. The van der Waals surface area contributed by atoms with Crippen molar-refractivity contribution in [2.75, 3.05) is 4.72 Å². The minimum Gasteiger partial charge on any atom is -0.279 e. The van der Waals surface area contributed by atoms with E-state index in [2.05, 4.69) is 32.3 Å². The standard InChI is InChI=1S/C10H8ClIN2O2S2/c1-6-2-3-7(4-8(6)12)14-18(15,16)9-5-13-10(11)17-9/h2-5,14H,1H3. The highest BCUT2D eigenvalue weighted by Crippen LogP contribution is 2.25. The van der Waals surface area contributed by atoms with E-state index in [0.29, 0.717) is 5.69 Å². The second kappa shape index (κ2) is 5.32. The molecule has 4 nitrogen and oxygen atoms in total. The molecule has 1 aromatic carbocycles. The number of nitrogens with one attached hydrogen (secondary N) is 1. The van der Waals surface area contributed by atoms with Crippen LogP contribution in [0.3, 0.4) is 0 Å². The maximum Gasteiger partial charge on any atom is 0.273 e. The molecule has 0 aliphatic heterocycles. The van der Waals surface area contributed by atoms with E-state index in [0.717, 1.165) is 20.5 Å². The second-order valence-electron chi connectivity index (χ2n) is 3.50. The van der Waals surface area contributed by atoms with Gasteiger partial charge in [0.15, 0.2) is 8.68 Å². The molecule has 0 spiro atoms. The molecule has 0 saturated carbocycles.